The number of cyclic esters (lactones) is 1. The van der Waals surface area contributed by atoms with Crippen LogP contribution in [0.25, 0.3) is 0 Å². The summed E-state index contributed by atoms with van der Waals surface area (Å²) in [6.45, 7) is -0.362. The zero-order valence-corrected chi connectivity index (χ0v) is 15.3. The van der Waals surface area contributed by atoms with E-state index >= 15 is 0 Å². The second kappa shape index (κ2) is 7.59. The molecule has 0 aliphatic carbocycles. The van der Waals surface area contributed by atoms with Crippen molar-refractivity contribution >= 4 is 22.2 Å². The van der Waals surface area contributed by atoms with E-state index in [0.29, 0.717) is 0 Å². The molecule has 2 rings (SSSR count). The lowest BCUT2D eigenvalue weighted by molar-refractivity contribution is -0.272. The number of halogens is 6. The molecule has 2 heterocycles. The Balaban J connectivity index is 2.11. The minimum atomic E-state index is -5.79. The van der Waals surface area contributed by atoms with Gasteiger partial charge in [0.15, 0.2) is 11.4 Å². The van der Waals surface area contributed by atoms with Crippen LogP contribution in [0, 0.1) is 4.91 Å². The second-order valence-corrected chi connectivity index (χ2v) is 9.60. The molecular formula is C14H17F6NO6S. The molecule has 162 valence electrons. The molecule has 0 bridgehead atoms. The Morgan fingerprint density at radius 1 is 1.14 bits per heavy atom. The van der Waals surface area contributed by atoms with Crippen LogP contribution < -0.4 is 0 Å². The van der Waals surface area contributed by atoms with Gasteiger partial charge in [0.25, 0.3) is 0 Å². The van der Waals surface area contributed by atoms with Crippen LogP contribution >= 0.6 is 10.3 Å². The molecule has 1 atom stereocenters. The maximum Gasteiger partial charge on any atom is 0.382 e. The fourth-order valence-electron chi connectivity index (χ4n) is 2.86. The summed E-state index contributed by atoms with van der Waals surface area (Å²) in [5, 5.41) is -3.54. The molecule has 0 aromatic carbocycles. The van der Waals surface area contributed by atoms with E-state index in [1.807, 2.05) is 5.34 Å². The summed E-state index contributed by atoms with van der Waals surface area (Å²) in [5.74, 6) is -14.2. The zero-order valence-electron chi connectivity index (χ0n) is 14.5. The highest BCUT2D eigenvalue weighted by molar-refractivity contribution is 8.30. The quantitative estimate of drug-likeness (QED) is 0.259. The first kappa shape index (κ1) is 22.6. The molecule has 2 aliphatic rings. The van der Waals surface area contributed by atoms with Crippen molar-refractivity contribution in [3.8, 4) is 0 Å². The van der Waals surface area contributed by atoms with Gasteiger partial charge in [-0.3, -0.25) is 4.79 Å². The van der Waals surface area contributed by atoms with Crippen molar-refractivity contribution in [1.82, 2.24) is 0 Å². The number of alkyl halides is 6. The molecule has 0 amide bonds. The number of hydrogen-bond acceptors (Lipinski definition) is 7. The first-order valence-corrected chi connectivity index (χ1v) is 10.00. The largest absolute Gasteiger partial charge is 0.460 e. The van der Waals surface area contributed by atoms with E-state index in [4.69, 9.17) is 4.74 Å². The molecule has 0 N–H and O–H groups in total. The highest BCUT2D eigenvalue weighted by Gasteiger charge is 2.77. The molecule has 0 radical (unpaired) electrons. The number of nitrogens with zero attached hydrogens (tertiary/aromatic N) is 1. The molecule has 2 fully saturated rings. The number of ether oxygens (including phenoxy) is 2. The van der Waals surface area contributed by atoms with E-state index in [1.54, 1.807) is 0 Å². The molecule has 28 heavy (non-hydrogen) atoms. The average Bonchev–Trinajstić information content (AvgIpc) is 3.02. The standard InChI is InChI=1S/C14H17F6NO6S/c1-12(15,16)13(17,18)14(19,20)28(27-21-24)6-4-8(5-7-28)25-11(23)9-2-3-10(22)26-9/h8-9H,2-7H2,1H3. The molecule has 0 aromatic heterocycles. The highest BCUT2D eigenvalue weighted by Crippen LogP contribution is 2.71. The van der Waals surface area contributed by atoms with Crippen LogP contribution in [-0.2, 0) is 23.3 Å². The number of esters is 2. The van der Waals surface area contributed by atoms with E-state index in [0.717, 1.165) is 0 Å². The minimum absolute atomic E-state index is 0.00305. The van der Waals surface area contributed by atoms with Gasteiger partial charge in [-0.25, -0.2) is 4.79 Å². The third-order valence-electron chi connectivity index (χ3n) is 4.53. The van der Waals surface area contributed by atoms with Crippen LogP contribution in [0.1, 0.15) is 32.6 Å². The van der Waals surface area contributed by atoms with Crippen molar-refractivity contribution in [3.63, 3.8) is 0 Å². The van der Waals surface area contributed by atoms with Crippen LogP contribution in [0.2, 0.25) is 0 Å². The predicted molar refractivity (Wildman–Crippen MR) is 82.9 cm³/mol. The van der Waals surface area contributed by atoms with Crippen LogP contribution in [0.15, 0.2) is 5.34 Å². The Bertz CT molecular complexity index is 634. The van der Waals surface area contributed by atoms with Gasteiger partial charge in [-0.1, -0.05) is 0 Å². The Labute approximate surface area is 156 Å². The van der Waals surface area contributed by atoms with Crippen LogP contribution in [0.5, 0.6) is 0 Å². The van der Waals surface area contributed by atoms with Crippen molar-refractivity contribution < 1.29 is 49.7 Å². The van der Waals surface area contributed by atoms with E-state index in [2.05, 4.69) is 9.02 Å². The molecule has 0 spiro atoms. The lowest BCUT2D eigenvalue weighted by Gasteiger charge is -2.48. The van der Waals surface area contributed by atoms with Crippen molar-refractivity contribution in [1.29, 1.82) is 0 Å². The minimum Gasteiger partial charge on any atom is -0.460 e. The summed E-state index contributed by atoms with van der Waals surface area (Å²) in [7, 11) is -4.38. The lowest BCUT2D eigenvalue weighted by atomic mass is 10.2. The van der Waals surface area contributed by atoms with Gasteiger partial charge in [0, 0.05) is 41.6 Å². The molecule has 0 saturated carbocycles. The molecular weight excluding hydrogens is 424 g/mol. The summed E-state index contributed by atoms with van der Waals surface area (Å²) in [6, 6.07) is 0. The maximum absolute atomic E-state index is 14.4. The van der Waals surface area contributed by atoms with Crippen molar-refractivity contribution in [2.45, 2.75) is 61.9 Å². The van der Waals surface area contributed by atoms with Crippen LogP contribution in [-0.4, -0.2) is 52.8 Å². The van der Waals surface area contributed by atoms with Crippen molar-refractivity contribution in [3.05, 3.63) is 4.91 Å². The van der Waals surface area contributed by atoms with E-state index < -0.39 is 75.9 Å². The molecule has 14 heteroatoms. The number of hydrogen-bond donors (Lipinski definition) is 0. The molecule has 1 unspecified atom stereocenters. The van der Waals surface area contributed by atoms with Crippen LogP contribution in [0.4, 0.5) is 26.3 Å². The third kappa shape index (κ3) is 3.87. The smallest absolute Gasteiger partial charge is 0.382 e. The molecule has 7 nitrogen and oxygen atoms in total. The Morgan fingerprint density at radius 3 is 2.14 bits per heavy atom. The van der Waals surface area contributed by atoms with E-state index in [1.165, 1.54) is 0 Å². The third-order valence-corrected chi connectivity index (χ3v) is 7.85. The van der Waals surface area contributed by atoms with Gasteiger partial charge in [-0.2, -0.15) is 26.3 Å². The summed E-state index contributed by atoms with van der Waals surface area (Å²) < 4.78 is 96.4. The molecule has 0 aromatic rings. The van der Waals surface area contributed by atoms with E-state index in [9.17, 15) is 40.8 Å². The topological polar surface area (TPSA) is 91.3 Å². The predicted octanol–water partition coefficient (Wildman–Crippen LogP) is 3.70. The average molecular weight is 441 g/mol. The SMILES string of the molecule is CC(F)(F)C(F)(F)C(F)(F)S1(ON=O)CCC(OC(=O)C2CCC(=O)O2)CC1. The Kier molecular flexibility index (Phi) is 6.12. The van der Waals surface area contributed by atoms with E-state index in [-0.39, 0.29) is 19.8 Å². The number of carbonyl (C=O) groups is 2. The fourth-order valence-corrected chi connectivity index (χ4v) is 5.87. The number of carbonyl (C=O) groups excluding carboxylic acids is 2. The van der Waals surface area contributed by atoms with Gasteiger partial charge in [-0.15, -0.1) is 4.91 Å². The highest BCUT2D eigenvalue weighted by atomic mass is 32.3. The van der Waals surface area contributed by atoms with Crippen LogP contribution in [0.3, 0.4) is 0 Å². The summed E-state index contributed by atoms with van der Waals surface area (Å²) in [5.41, 5.74) is 0. The summed E-state index contributed by atoms with van der Waals surface area (Å²) in [4.78, 5) is 33.3. The van der Waals surface area contributed by atoms with Gasteiger partial charge in [-0.05, 0) is 12.8 Å². The first-order chi connectivity index (χ1) is 12.8. The fraction of sp³-hybridized carbons (Fsp3) is 0.857. The monoisotopic (exact) mass is 441 g/mol. The molecule has 2 aliphatic heterocycles. The number of rotatable bonds is 7. The second-order valence-electron chi connectivity index (χ2n) is 6.50. The summed E-state index contributed by atoms with van der Waals surface area (Å²) >= 11 is 0. The maximum atomic E-state index is 14.4. The normalized spacial score (nSPS) is 31.5. The summed E-state index contributed by atoms with van der Waals surface area (Å²) in [6.07, 6.45) is -2.98. The van der Waals surface area contributed by atoms with Gasteiger partial charge in [0.2, 0.25) is 0 Å². The van der Waals surface area contributed by atoms with Gasteiger partial charge in [0.05, 0.1) is 0 Å². The first-order valence-electron chi connectivity index (χ1n) is 8.10. The zero-order chi connectivity index (χ0) is 21.4. The molecule has 2 saturated heterocycles. The van der Waals surface area contributed by atoms with Gasteiger partial charge >= 0.3 is 29.0 Å². The van der Waals surface area contributed by atoms with Gasteiger partial charge in [0.1, 0.15) is 6.10 Å². The Morgan fingerprint density at radius 2 is 1.71 bits per heavy atom. The van der Waals surface area contributed by atoms with Crippen molar-refractivity contribution in [2.75, 3.05) is 11.5 Å². The van der Waals surface area contributed by atoms with Gasteiger partial charge < -0.3 is 13.8 Å². The lowest BCUT2D eigenvalue weighted by Crippen LogP contribution is -2.57. The Hall–Kier alpha value is -1.73. The van der Waals surface area contributed by atoms with Crippen molar-refractivity contribution in [2.24, 2.45) is 5.34 Å².